The maximum atomic E-state index is 5.90. The van der Waals surface area contributed by atoms with Crippen molar-refractivity contribution in [2.24, 2.45) is 5.73 Å². The predicted molar refractivity (Wildman–Crippen MR) is 65.2 cm³/mol. The van der Waals surface area contributed by atoms with E-state index in [2.05, 4.69) is 36.1 Å². The molecular formula is C13H20N2O. The number of hydrogen-bond acceptors (Lipinski definition) is 3. The Labute approximate surface area is 97.2 Å². The largest absolute Gasteiger partial charge is 0.376 e. The van der Waals surface area contributed by atoms with Crippen LogP contribution in [0.3, 0.4) is 0 Å². The normalized spacial score (nSPS) is 24.2. The van der Waals surface area contributed by atoms with Gasteiger partial charge in [-0.3, -0.25) is 4.90 Å². The summed E-state index contributed by atoms with van der Waals surface area (Å²) in [6, 6.07) is 10.8. The fourth-order valence-electron chi connectivity index (χ4n) is 2.30. The van der Waals surface area contributed by atoms with Crippen molar-refractivity contribution in [1.82, 2.24) is 4.90 Å². The van der Waals surface area contributed by atoms with Crippen LogP contribution in [0.4, 0.5) is 0 Å². The molecule has 1 heterocycles. The quantitative estimate of drug-likeness (QED) is 0.837. The summed E-state index contributed by atoms with van der Waals surface area (Å²) in [7, 11) is 0. The Morgan fingerprint density at radius 1 is 1.44 bits per heavy atom. The molecule has 1 saturated heterocycles. The summed E-state index contributed by atoms with van der Waals surface area (Å²) >= 11 is 0. The minimum Gasteiger partial charge on any atom is -0.376 e. The molecule has 1 aromatic rings. The first kappa shape index (κ1) is 11.6. The topological polar surface area (TPSA) is 38.5 Å². The fraction of sp³-hybridized carbons (Fsp3) is 0.538. The Hall–Kier alpha value is -0.900. The molecule has 0 aromatic heterocycles. The van der Waals surface area contributed by atoms with Crippen molar-refractivity contribution in [1.29, 1.82) is 0 Å². The van der Waals surface area contributed by atoms with Gasteiger partial charge in [0.05, 0.1) is 12.7 Å². The zero-order valence-electron chi connectivity index (χ0n) is 9.80. The number of hydrogen-bond donors (Lipinski definition) is 1. The lowest BCUT2D eigenvalue weighted by molar-refractivity contribution is -0.0333. The van der Waals surface area contributed by atoms with E-state index in [4.69, 9.17) is 10.5 Å². The van der Waals surface area contributed by atoms with E-state index in [-0.39, 0.29) is 0 Å². The number of nitrogens with two attached hydrogens (primary N) is 1. The summed E-state index contributed by atoms with van der Waals surface area (Å²) in [6.45, 7) is 5.53. The molecule has 0 bridgehead atoms. The number of rotatable bonds is 3. The first-order chi connectivity index (χ1) is 7.81. The molecule has 2 rings (SSSR count). The van der Waals surface area contributed by atoms with Crippen LogP contribution in [-0.2, 0) is 4.74 Å². The monoisotopic (exact) mass is 220 g/mol. The van der Waals surface area contributed by atoms with Gasteiger partial charge in [0.25, 0.3) is 0 Å². The molecule has 0 aliphatic carbocycles. The summed E-state index contributed by atoms with van der Waals surface area (Å²) in [5.74, 6) is 0. The molecule has 1 aliphatic heterocycles. The van der Waals surface area contributed by atoms with Gasteiger partial charge >= 0.3 is 0 Å². The van der Waals surface area contributed by atoms with Crippen LogP contribution >= 0.6 is 0 Å². The molecule has 2 N–H and O–H groups in total. The van der Waals surface area contributed by atoms with Crippen molar-refractivity contribution in [3.05, 3.63) is 35.9 Å². The third-order valence-electron chi connectivity index (χ3n) is 3.12. The second-order valence-electron chi connectivity index (χ2n) is 4.34. The van der Waals surface area contributed by atoms with Crippen molar-refractivity contribution in [2.75, 3.05) is 26.2 Å². The highest BCUT2D eigenvalue weighted by Gasteiger charge is 2.24. The summed E-state index contributed by atoms with van der Waals surface area (Å²) < 4.78 is 5.56. The van der Waals surface area contributed by atoms with Crippen molar-refractivity contribution >= 4 is 0 Å². The first-order valence-electron chi connectivity index (χ1n) is 5.92. The average Bonchev–Trinajstić information content (AvgIpc) is 2.31. The number of nitrogens with zero attached hydrogens (tertiary/aromatic N) is 1. The summed E-state index contributed by atoms with van der Waals surface area (Å²) in [5.41, 5.74) is 7.20. The van der Waals surface area contributed by atoms with Gasteiger partial charge in [-0.25, -0.2) is 0 Å². The summed E-state index contributed by atoms with van der Waals surface area (Å²) in [6.07, 6.45) is 0.312. The van der Waals surface area contributed by atoms with Crippen LogP contribution in [-0.4, -0.2) is 37.2 Å². The number of benzene rings is 1. The van der Waals surface area contributed by atoms with Crippen LogP contribution in [0.2, 0.25) is 0 Å². The lowest BCUT2D eigenvalue weighted by Gasteiger charge is -2.37. The molecule has 3 heteroatoms. The molecule has 2 atom stereocenters. The van der Waals surface area contributed by atoms with Crippen molar-refractivity contribution in [3.8, 4) is 0 Å². The van der Waals surface area contributed by atoms with E-state index in [1.807, 2.05) is 6.07 Å². The Morgan fingerprint density at radius 3 is 2.81 bits per heavy atom. The van der Waals surface area contributed by atoms with Crippen LogP contribution in [0.5, 0.6) is 0 Å². The third-order valence-corrected chi connectivity index (χ3v) is 3.12. The van der Waals surface area contributed by atoms with Crippen LogP contribution < -0.4 is 5.73 Å². The standard InChI is InChI=1S/C13H20N2O/c1-11-10-15(7-8-16-11)13(9-14)12-5-3-2-4-6-12/h2-6,11,13H,7-10,14H2,1H3. The molecule has 0 amide bonds. The van der Waals surface area contributed by atoms with Crippen LogP contribution in [0.25, 0.3) is 0 Å². The fourth-order valence-corrected chi connectivity index (χ4v) is 2.30. The lowest BCUT2D eigenvalue weighted by atomic mass is 10.0. The van der Waals surface area contributed by atoms with Gasteiger partial charge in [-0.15, -0.1) is 0 Å². The van der Waals surface area contributed by atoms with Crippen molar-refractivity contribution < 1.29 is 4.74 Å². The summed E-state index contributed by atoms with van der Waals surface area (Å²) in [5, 5.41) is 0. The van der Waals surface area contributed by atoms with Crippen molar-refractivity contribution in [2.45, 2.75) is 19.1 Å². The smallest absolute Gasteiger partial charge is 0.0674 e. The van der Waals surface area contributed by atoms with Gasteiger partial charge in [0, 0.05) is 25.7 Å². The lowest BCUT2D eigenvalue weighted by Crippen LogP contribution is -2.45. The minimum absolute atomic E-state index is 0.312. The van der Waals surface area contributed by atoms with Gasteiger partial charge in [0.2, 0.25) is 0 Å². The summed E-state index contributed by atoms with van der Waals surface area (Å²) in [4.78, 5) is 2.42. The second kappa shape index (κ2) is 5.43. The highest BCUT2D eigenvalue weighted by atomic mass is 16.5. The zero-order chi connectivity index (χ0) is 11.4. The van der Waals surface area contributed by atoms with Crippen molar-refractivity contribution in [3.63, 3.8) is 0 Å². The van der Waals surface area contributed by atoms with E-state index in [9.17, 15) is 0 Å². The molecule has 2 unspecified atom stereocenters. The molecule has 0 radical (unpaired) electrons. The van der Waals surface area contributed by atoms with E-state index < -0.39 is 0 Å². The Kier molecular flexibility index (Phi) is 3.93. The van der Waals surface area contributed by atoms with Crippen LogP contribution in [0.1, 0.15) is 18.5 Å². The number of ether oxygens (including phenoxy) is 1. The second-order valence-corrected chi connectivity index (χ2v) is 4.34. The van der Waals surface area contributed by atoms with Gasteiger partial charge < -0.3 is 10.5 Å². The Bertz CT molecular complexity index is 315. The average molecular weight is 220 g/mol. The van der Waals surface area contributed by atoms with Gasteiger partial charge in [0.1, 0.15) is 0 Å². The first-order valence-corrected chi connectivity index (χ1v) is 5.92. The highest BCUT2D eigenvalue weighted by Crippen LogP contribution is 2.21. The van der Waals surface area contributed by atoms with E-state index in [1.165, 1.54) is 5.56 Å². The van der Waals surface area contributed by atoms with E-state index in [0.717, 1.165) is 19.7 Å². The Balaban J connectivity index is 2.10. The molecule has 16 heavy (non-hydrogen) atoms. The van der Waals surface area contributed by atoms with Crippen LogP contribution in [0, 0.1) is 0 Å². The molecule has 1 fully saturated rings. The van der Waals surface area contributed by atoms with Crippen LogP contribution in [0.15, 0.2) is 30.3 Å². The molecule has 1 aliphatic rings. The maximum Gasteiger partial charge on any atom is 0.0674 e. The Morgan fingerprint density at radius 2 is 2.19 bits per heavy atom. The molecular weight excluding hydrogens is 200 g/mol. The van der Waals surface area contributed by atoms with Gasteiger partial charge in [-0.05, 0) is 12.5 Å². The zero-order valence-corrected chi connectivity index (χ0v) is 9.80. The molecule has 1 aromatic carbocycles. The number of morpholine rings is 1. The highest BCUT2D eigenvalue weighted by molar-refractivity contribution is 5.19. The molecule has 0 saturated carbocycles. The SMILES string of the molecule is CC1CN(C(CN)c2ccccc2)CCO1. The molecule has 88 valence electrons. The van der Waals surface area contributed by atoms with E-state index in [0.29, 0.717) is 18.7 Å². The maximum absolute atomic E-state index is 5.90. The van der Waals surface area contributed by atoms with E-state index in [1.54, 1.807) is 0 Å². The molecule has 0 spiro atoms. The van der Waals surface area contributed by atoms with Gasteiger partial charge in [0.15, 0.2) is 0 Å². The predicted octanol–water partition coefficient (Wildman–Crippen LogP) is 1.41. The molecule has 3 nitrogen and oxygen atoms in total. The van der Waals surface area contributed by atoms with Gasteiger partial charge in [-0.1, -0.05) is 30.3 Å². The minimum atomic E-state index is 0.312. The third kappa shape index (κ3) is 2.61. The van der Waals surface area contributed by atoms with E-state index >= 15 is 0 Å². The van der Waals surface area contributed by atoms with Gasteiger partial charge in [-0.2, -0.15) is 0 Å².